The number of benzene rings is 2. The highest BCUT2D eigenvalue weighted by molar-refractivity contribution is 9.11. The highest BCUT2D eigenvalue weighted by Crippen LogP contribution is 2.31. The van der Waals surface area contributed by atoms with Crippen molar-refractivity contribution in [2.75, 3.05) is 5.32 Å². The summed E-state index contributed by atoms with van der Waals surface area (Å²) in [6, 6.07) is 10.6. The van der Waals surface area contributed by atoms with Gasteiger partial charge in [0.25, 0.3) is 5.91 Å². The van der Waals surface area contributed by atoms with Crippen LogP contribution in [0.15, 0.2) is 49.8 Å². The summed E-state index contributed by atoms with van der Waals surface area (Å²) in [5, 5.41) is 8.66. The second-order valence-electron chi connectivity index (χ2n) is 5.63. The first kappa shape index (κ1) is 24.2. The Balaban J connectivity index is 2.11. The number of anilines is 1. The molecule has 0 fully saturated rings. The molecule has 0 radical (unpaired) electrons. The van der Waals surface area contributed by atoms with Gasteiger partial charge < -0.3 is 16.0 Å². The number of carbonyl (C=O) groups is 1. The maximum atomic E-state index is 12.5. The minimum absolute atomic E-state index is 0.176. The maximum absolute atomic E-state index is 12.5. The summed E-state index contributed by atoms with van der Waals surface area (Å²) in [5.41, 5.74) is 2.14. The number of hydrogen-bond acceptors (Lipinski definition) is 2. The average molecular weight is 653 g/mol. The number of alkyl halides is 3. The van der Waals surface area contributed by atoms with Crippen LogP contribution in [0, 0.1) is 6.92 Å². The van der Waals surface area contributed by atoms with Crippen molar-refractivity contribution in [3.8, 4) is 0 Å². The summed E-state index contributed by atoms with van der Waals surface area (Å²) < 4.78 is 0.743. The Hall–Kier alpha value is -0.0900. The fourth-order valence-electron chi connectivity index (χ4n) is 2.06. The van der Waals surface area contributed by atoms with Crippen LogP contribution in [0.2, 0.25) is 0 Å². The van der Waals surface area contributed by atoms with E-state index in [-0.39, 0.29) is 5.11 Å². The molecule has 2 aromatic rings. The van der Waals surface area contributed by atoms with Crippen molar-refractivity contribution in [3.05, 3.63) is 60.9 Å². The van der Waals surface area contributed by atoms with Crippen LogP contribution in [0.5, 0.6) is 0 Å². The predicted octanol–water partition coefficient (Wildman–Crippen LogP) is 6.70. The highest BCUT2D eigenvalue weighted by Gasteiger charge is 2.35. The molecule has 0 spiro atoms. The molecule has 2 aromatic carbocycles. The van der Waals surface area contributed by atoms with Gasteiger partial charge in [0.15, 0.2) is 5.11 Å². The third-order valence-corrected chi connectivity index (χ3v) is 6.39. The molecule has 0 bridgehead atoms. The van der Waals surface area contributed by atoms with Gasteiger partial charge in [-0.1, -0.05) is 66.7 Å². The van der Waals surface area contributed by atoms with E-state index in [0.717, 1.165) is 24.7 Å². The third kappa shape index (κ3) is 7.00. The van der Waals surface area contributed by atoms with Gasteiger partial charge in [0, 0.05) is 19.0 Å². The average Bonchev–Trinajstić information content (AvgIpc) is 2.58. The SMILES string of the molecule is Cc1cc(NC(=S)N[C@H](NC(=O)c2ccc(Br)cc2)C(Cl)(Cl)Cl)c(Br)cc1Br. The quantitative estimate of drug-likeness (QED) is 0.196. The van der Waals surface area contributed by atoms with E-state index < -0.39 is 15.9 Å². The minimum atomic E-state index is -1.84. The molecule has 28 heavy (non-hydrogen) atoms. The molecule has 0 aromatic heterocycles. The van der Waals surface area contributed by atoms with E-state index in [1.165, 1.54) is 0 Å². The molecule has 150 valence electrons. The van der Waals surface area contributed by atoms with Crippen LogP contribution in [-0.2, 0) is 0 Å². The smallest absolute Gasteiger partial charge is 0.252 e. The summed E-state index contributed by atoms with van der Waals surface area (Å²) >= 11 is 33.6. The number of halogens is 6. The van der Waals surface area contributed by atoms with Gasteiger partial charge in [0.05, 0.1) is 5.69 Å². The lowest BCUT2D eigenvalue weighted by Gasteiger charge is -2.28. The van der Waals surface area contributed by atoms with E-state index in [2.05, 4.69) is 63.7 Å². The molecule has 4 nitrogen and oxygen atoms in total. The first-order chi connectivity index (χ1) is 13.0. The zero-order valence-electron chi connectivity index (χ0n) is 14.1. The Morgan fingerprint density at radius 1 is 1.04 bits per heavy atom. The fourth-order valence-corrected chi connectivity index (χ4v) is 3.97. The van der Waals surface area contributed by atoms with E-state index >= 15 is 0 Å². The second-order valence-corrected chi connectivity index (χ2v) is 11.0. The zero-order valence-corrected chi connectivity index (χ0v) is 22.0. The summed E-state index contributed by atoms with van der Waals surface area (Å²) in [4.78, 5) is 12.5. The van der Waals surface area contributed by atoms with Crippen LogP contribution >= 0.6 is 94.8 Å². The lowest BCUT2D eigenvalue weighted by Crippen LogP contribution is -2.56. The molecule has 11 heteroatoms. The molecule has 0 unspecified atom stereocenters. The number of thiocarbonyl (C=S) groups is 1. The fraction of sp³-hybridized carbons (Fsp3) is 0.176. The van der Waals surface area contributed by atoms with Crippen molar-refractivity contribution in [1.29, 1.82) is 0 Å². The molecule has 0 saturated heterocycles. The minimum Gasteiger partial charge on any atom is -0.339 e. The van der Waals surface area contributed by atoms with Gasteiger partial charge in [-0.3, -0.25) is 4.79 Å². The molecule has 0 aliphatic carbocycles. The first-order valence-electron chi connectivity index (χ1n) is 7.63. The number of nitrogens with one attached hydrogen (secondary N) is 3. The van der Waals surface area contributed by atoms with Crippen molar-refractivity contribution in [2.24, 2.45) is 0 Å². The Labute approximate surface area is 208 Å². The van der Waals surface area contributed by atoms with Crippen molar-refractivity contribution in [3.63, 3.8) is 0 Å². The predicted molar refractivity (Wildman–Crippen MR) is 132 cm³/mol. The van der Waals surface area contributed by atoms with E-state index in [0.29, 0.717) is 5.56 Å². The summed E-state index contributed by atoms with van der Waals surface area (Å²) in [6.07, 6.45) is -1.07. The van der Waals surface area contributed by atoms with Crippen LogP contribution in [0.1, 0.15) is 15.9 Å². The summed E-state index contributed by atoms with van der Waals surface area (Å²) in [7, 11) is 0. The molecule has 2 rings (SSSR count). The van der Waals surface area contributed by atoms with Gasteiger partial charge in [0.2, 0.25) is 3.79 Å². The topological polar surface area (TPSA) is 53.2 Å². The van der Waals surface area contributed by atoms with Crippen LogP contribution in [-0.4, -0.2) is 21.0 Å². The number of carbonyl (C=O) groups excluding carboxylic acids is 1. The Kier molecular flexibility index (Phi) is 8.88. The normalized spacial score (nSPS) is 12.2. The number of hydrogen-bond donors (Lipinski definition) is 3. The van der Waals surface area contributed by atoms with E-state index in [1.54, 1.807) is 24.3 Å². The summed E-state index contributed by atoms with van der Waals surface area (Å²) in [5.74, 6) is -0.417. The van der Waals surface area contributed by atoms with Crippen LogP contribution in [0.25, 0.3) is 0 Å². The van der Waals surface area contributed by atoms with Crippen LogP contribution in [0.3, 0.4) is 0 Å². The summed E-state index contributed by atoms with van der Waals surface area (Å²) in [6.45, 7) is 1.95. The number of rotatable bonds is 4. The lowest BCUT2D eigenvalue weighted by atomic mass is 10.2. The van der Waals surface area contributed by atoms with Crippen molar-refractivity contribution in [2.45, 2.75) is 16.9 Å². The molecule has 0 aliphatic rings. The van der Waals surface area contributed by atoms with Crippen molar-refractivity contribution < 1.29 is 4.79 Å². The first-order valence-corrected chi connectivity index (χ1v) is 11.6. The Morgan fingerprint density at radius 2 is 1.64 bits per heavy atom. The molecule has 0 saturated carbocycles. The standard InChI is InChI=1S/C17H13Br3Cl3N3OS/c1-8-6-13(12(20)7-11(8)19)24-16(28)26-15(17(21,22)23)25-14(27)9-2-4-10(18)5-3-9/h2-7,15H,1H3,(H,25,27)(H2,24,26,28)/t15-/m0/s1. The van der Waals surface area contributed by atoms with Gasteiger partial charge in [-0.15, -0.1) is 0 Å². The van der Waals surface area contributed by atoms with Gasteiger partial charge in [-0.2, -0.15) is 0 Å². The highest BCUT2D eigenvalue weighted by atomic mass is 79.9. The van der Waals surface area contributed by atoms with Crippen LogP contribution < -0.4 is 16.0 Å². The van der Waals surface area contributed by atoms with Gasteiger partial charge in [-0.25, -0.2) is 0 Å². The van der Waals surface area contributed by atoms with Gasteiger partial charge in [0.1, 0.15) is 6.17 Å². The molecule has 0 heterocycles. The molecule has 0 aliphatic heterocycles. The van der Waals surface area contributed by atoms with Gasteiger partial charge >= 0.3 is 0 Å². The molecule has 1 atom stereocenters. The Bertz CT molecular complexity index is 892. The van der Waals surface area contributed by atoms with E-state index in [1.807, 2.05) is 19.1 Å². The van der Waals surface area contributed by atoms with Gasteiger partial charge in [-0.05, 0) is 77.0 Å². The van der Waals surface area contributed by atoms with Crippen LogP contribution in [0.4, 0.5) is 5.69 Å². The lowest BCUT2D eigenvalue weighted by molar-refractivity contribution is 0.0934. The monoisotopic (exact) mass is 649 g/mol. The van der Waals surface area contributed by atoms with E-state index in [4.69, 9.17) is 47.0 Å². The third-order valence-electron chi connectivity index (χ3n) is 3.48. The molecular weight excluding hydrogens is 640 g/mol. The van der Waals surface area contributed by atoms with Crippen molar-refractivity contribution in [1.82, 2.24) is 10.6 Å². The number of amides is 1. The number of aryl methyl sites for hydroxylation is 1. The Morgan fingerprint density at radius 3 is 2.21 bits per heavy atom. The molecule has 3 N–H and O–H groups in total. The largest absolute Gasteiger partial charge is 0.339 e. The molecule has 1 amide bonds. The van der Waals surface area contributed by atoms with Crippen molar-refractivity contribution >= 4 is 112 Å². The molecular formula is C17H13Br3Cl3N3OS. The maximum Gasteiger partial charge on any atom is 0.252 e. The zero-order chi connectivity index (χ0) is 21.1. The second kappa shape index (κ2) is 10.3. The van der Waals surface area contributed by atoms with E-state index in [9.17, 15) is 4.79 Å².